The summed E-state index contributed by atoms with van der Waals surface area (Å²) in [6.45, 7) is 1.87. The Morgan fingerprint density at radius 1 is 0.938 bits per heavy atom. The van der Waals surface area contributed by atoms with Gasteiger partial charge in [0.25, 0.3) is 0 Å². The summed E-state index contributed by atoms with van der Waals surface area (Å²) in [5, 5.41) is 6.77. The van der Waals surface area contributed by atoms with Crippen molar-refractivity contribution < 1.29 is 14.3 Å². The van der Waals surface area contributed by atoms with Crippen molar-refractivity contribution in [2.24, 2.45) is 5.73 Å². The predicted octanol–water partition coefficient (Wildman–Crippen LogP) is 4.76. The third kappa shape index (κ3) is 8.11. The first-order valence-corrected chi connectivity index (χ1v) is 12.4. The standard InChI is InChI=1S/C24H29N3O3S2/c25-22(12-4-5-13-26-24(29)30-18-19-8-2-1-3-9-19)23(28)27(16-20-10-6-14-31-20)17-21-11-7-15-32-21/h1-3,6-11,14-15,22H,4-5,12-13,16-18,25H2,(H,26,29)/t22-/m1/s1. The van der Waals surface area contributed by atoms with Crippen LogP contribution in [0.5, 0.6) is 0 Å². The van der Waals surface area contributed by atoms with Gasteiger partial charge in [-0.1, -0.05) is 42.5 Å². The average molecular weight is 472 g/mol. The summed E-state index contributed by atoms with van der Waals surface area (Å²) < 4.78 is 5.19. The number of nitrogens with one attached hydrogen (secondary N) is 1. The van der Waals surface area contributed by atoms with Crippen LogP contribution in [-0.2, 0) is 29.2 Å². The number of ether oxygens (including phenoxy) is 1. The molecule has 3 rings (SSSR count). The molecule has 170 valence electrons. The molecule has 2 heterocycles. The van der Waals surface area contributed by atoms with E-state index in [1.165, 1.54) is 0 Å². The summed E-state index contributed by atoms with van der Waals surface area (Å²) in [6.07, 6.45) is 1.62. The maximum atomic E-state index is 13.0. The van der Waals surface area contributed by atoms with Gasteiger partial charge < -0.3 is 20.7 Å². The summed E-state index contributed by atoms with van der Waals surface area (Å²) >= 11 is 3.28. The van der Waals surface area contributed by atoms with Gasteiger partial charge in [-0.25, -0.2) is 4.79 Å². The molecule has 6 nitrogen and oxygen atoms in total. The van der Waals surface area contributed by atoms with Gasteiger partial charge in [0, 0.05) is 16.3 Å². The van der Waals surface area contributed by atoms with E-state index in [4.69, 9.17) is 10.5 Å². The maximum Gasteiger partial charge on any atom is 0.407 e. The third-order valence-corrected chi connectivity index (χ3v) is 6.63. The van der Waals surface area contributed by atoms with Crippen LogP contribution in [-0.4, -0.2) is 29.5 Å². The van der Waals surface area contributed by atoms with Gasteiger partial charge in [-0.05, 0) is 47.7 Å². The van der Waals surface area contributed by atoms with Crippen molar-refractivity contribution in [3.63, 3.8) is 0 Å². The fraction of sp³-hybridized carbons (Fsp3) is 0.333. The first-order valence-electron chi connectivity index (χ1n) is 10.7. The van der Waals surface area contributed by atoms with Gasteiger partial charge in [0.2, 0.25) is 5.91 Å². The van der Waals surface area contributed by atoms with Crippen LogP contribution in [0.25, 0.3) is 0 Å². The first kappa shape index (κ1) is 24.0. The van der Waals surface area contributed by atoms with E-state index >= 15 is 0 Å². The van der Waals surface area contributed by atoms with Crippen molar-refractivity contribution in [2.75, 3.05) is 6.54 Å². The van der Waals surface area contributed by atoms with E-state index in [0.717, 1.165) is 28.2 Å². The van der Waals surface area contributed by atoms with Crippen LogP contribution in [0.3, 0.4) is 0 Å². The Kier molecular flexibility index (Phi) is 9.74. The molecule has 3 aromatic rings. The van der Waals surface area contributed by atoms with E-state index in [2.05, 4.69) is 5.32 Å². The molecule has 3 N–H and O–H groups in total. The van der Waals surface area contributed by atoms with Crippen molar-refractivity contribution in [1.82, 2.24) is 10.2 Å². The van der Waals surface area contributed by atoms with Crippen molar-refractivity contribution in [1.29, 1.82) is 0 Å². The summed E-state index contributed by atoms with van der Waals surface area (Å²) in [5.41, 5.74) is 7.18. The Bertz CT molecular complexity index is 895. The van der Waals surface area contributed by atoms with Crippen molar-refractivity contribution >= 4 is 34.7 Å². The van der Waals surface area contributed by atoms with E-state index in [-0.39, 0.29) is 12.5 Å². The highest BCUT2D eigenvalue weighted by Gasteiger charge is 2.22. The largest absolute Gasteiger partial charge is 0.445 e. The molecule has 0 aliphatic heterocycles. The lowest BCUT2D eigenvalue weighted by atomic mass is 10.1. The number of alkyl carbamates (subject to hydrolysis) is 1. The van der Waals surface area contributed by atoms with Crippen LogP contribution >= 0.6 is 22.7 Å². The van der Waals surface area contributed by atoms with Crippen LogP contribution in [0.1, 0.15) is 34.6 Å². The molecule has 1 aromatic carbocycles. The van der Waals surface area contributed by atoms with Gasteiger partial charge >= 0.3 is 6.09 Å². The minimum atomic E-state index is -0.556. The van der Waals surface area contributed by atoms with Gasteiger partial charge in [0.05, 0.1) is 19.1 Å². The van der Waals surface area contributed by atoms with E-state index in [1.807, 2.05) is 70.3 Å². The lowest BCUT2D eigenvalue weighted by molar-refractivity contribution is -0.134. The van der Waals surface area contributed by atoms with E-state index in [9.17, 15) is 9.59 Å². The Balaban J connectivity index is 1.37. The van der Waals surface area contributed by atoms with Gasteiger partial charge in [-0.3, -0.25) is 4.79 Å². The first-order chi connectivity index (χ1) is 15.6. The molecule has 2 amide bonds. The normalized spacial score (nSPS) is 11.7. The molecule has 1 atom stereocenters. The highest BCUT2D eigenvalue weighted by molar-refractivity contribution is 7.10. The Labute approximate surface area is 197 Å². The van der Waals surface area contributed by atoms with Crippen LogP contribution in [0.2, 0.25) is 0 Å². The molecule has 0 fully saturated rings. The zero-order valence-electron chi connectivity index (χ0n) is 17.9. The number of thiophene rings is 2. The molecule has 2 aromatic heterocycles. The molecule has 0 radical (unpaired) electrons. The smallest absolute Gasteiger partial charge is 0.407 e. The number of hydrogen-bond donors (Lipinski definition) is 2. The summed E-state index contributed by atoms with van der Waals surface area (Å²) in [4.78, 5) is 28.9. The highest BCUT2D eigenvalue weighted by Crippen LogP contribution is 2.18. The second-order valence-electron chi connectivity index (χ2n) is 7.44. The lowest BCUT2D eigenvalue weighted by Crippen LogP contribution is -2.42. The molecule has 32 heavy (non-hydrogen) atoms. The average Bonchev–Trinajstić information content (AvgIpc) is 3.51. The van der Waals surface area contributed by atoms with Crippen LogP contribution < -0.4 is 11.1 Å². The molecular formula is C24H29N3O3S2. The monoisotopic (exact) mass is 471 g/mol. The summed E-state index contributed by atoms with van der Waals surface area (Å²) in [6, 6.07) is 17.0. The fourth-order valence-electron chi connectivity index (χ4n) is 3.20. The quantitative estimate of drug-likeness (QED) is 0.373. The molecule has 8 heteroatoms. The number of benzene rings is 1. The summed E-state index contributed by atoms with van der Waals surface area (Å²) in [5.74, 6) is -0.0398. The number of rotatable bonds is 12. The molecule has 0 saturated carbocycles. The minimum absolute atomic E-state index is 0.0398. The second-order valence-corrected chi connectivity index (χ2v) is 9.51. The maximum absolute atomic E-state index is 13.0. The zero-order valence-corrected chi connectivity index (χ0v) is 19.6. The fourth-order valence-corrected chi connectivity index (χ4v) is 4.64. The second kappa shape index (κ2) is 13.0. The number of amides is 2. The van der Waals surface area contributed by atoms with Gasteiger partial charge in [0.15, 0.2) is 0 Å². The van der Waals surface area contributed by atoms with E-state index in [1.54, 1.807) is 22.7 Å². The number of carbonyl (C=O) groups excluding carboxylic acids is 2. The number of nitrogens with two attached hydrogens (primary N) is 1. The van der Waals surface area contributed by atoms with Crippen molar-refractivity contribution in [3.05, 3.63) is 80.7 Å². The van der Waals surface area contributed by atoms with E-state index in [0.29, 0.717) is 26.1 Å². The third-order valence-electron chi connectivity index (χ3n) is 4.91. The molecule has 0 aliphatic rings. The molecule has 0 bridgehead atoms. The van der Waals surface area contributed by atoms with Crippen LogP contribution in [0.15, 0.2) is 65.4 Å². The van der Waals surface area contributed by atoms with Crippen molar-refractivity contribution in [2.45, 2.75) is 45.0 Å². The Hall–Kier alpha value is -2.68. The Morgan fingerprint density at radius 2 is 1.59 bits per heavy atom. The van der Waals surface area contributed by atoms with Crippen LogP contribution in [0, 0.1) is 0 Å². The van der Waals surface area contributed by atoms with Gasteiger partial charge in [-0.2, -0.15) is 0 Å². The highest BCUT2D eigenvalue weighted by atomic mass is 32.1. The SMILES string of the molecule is N[C@H](CCCCNC(=O)OCc1ccccc1)C(=O)N(Cc1cccs1)Cc1cccs1. The van der Waals surface area contributed by atoms with E-state index < -0.39 is 12.1 Å². The molecular weight excluding hydrogens is 442 g/mol. The topological polar surface area (TPSA) is 84.7 Å². The predicted molar refractivity (Wildman–Crippen MR) is 129 cm³/mol. The summed E-state index contributed by atoms with van der Waals surface area (Å²) in [7, 11) is 0. The number of hydrogen-bond acceptors (Lipinski definition) is 6. The lowest BCUT2D eigenvalue weighted by Gasteiger charge is -2.25. The molecule has 0 spiro atoms. The van der Waals surface area contributed by atoms with Crippen molar-refractivity contribution in [3.8, 4) is 0 Å². The number of nitrogens with zero attached hydrogens (tertiary/aromatic N) is 1. The number of carbonyl (C=O) groups is 2. The Morgan fingerprint density at radius 3 is 2.19 bits per heavy atom. The van der Waals surface area contributed by atoms with Crippen LogP contribution in [0.4, 0.5) is 4.79 Å². The molecule has 0 saturated heterocycles. The number of unbranched alkanes of at least 4 members (excludes halogenated alkanes) is 1. The minimum Gasteiger partial charge on any atom is -0.445 e. The molecule has 0 unspecified atom stereocenters. The van der Waals surface area contributed by atoms with Gasteiger partial charge in [0.1, 0.15) is 6.61 Å². The molecule has 0 aliphatic carbocycles. The van der Waals surface area contributed by atoms with Gasteiger partial charge in [-0.15, -0.1) is 22.7 Å². The zero-order chi connectivity index (χ0) is 22.6.